The highest BCUT2D eigenvalue weighted by molar-refractivity contribution is 5.76. The average Bonchev–Trinajstić information content (AvgIpc) is 3.05. The van der Waals surface area contributed by atoms with Gasteiger partial charge in [0.2, 0.25) is 0 Å². The van der Waals surface area contributed by atoms with Gasteiger partial charge in [0.05, 0.1) is 18.1 Å². The number of ether oxygens (including phenoxy) is 1. The molecule has 5 heteroatoms. The summed E-state index contributed by atoms with van der Waals surface area (Å²) in [6.45, 7) is 6.81. The molecule has 2 aliphatic carbocycles. The van der Waals surface area contributed by atoms with Gasteiger partial charge in [-0.05, 0) is 38.3 Å². The zero-order chi connectivity index (χ0) is 21.6. The van der Waals surface area contributed by atoms with Crippen molar-refractivity contribution in [3.63, 3.8) is 0 Å². The van der Waals surface area contributed by atoms with Crippen LogP contribution in [0.3, 0.4) is 0 Å². The zero-order valence-corrected chi connectivity index (χ0v) is 18.5. The van der Waals surface area contributed by atoms with Crippen molar-refractivity contribution in [2.24, 2.45) is 23.2 Å². The number of hydrogen-bond donors (Lipinski definition) is 2. The van der Waals surface area contributed by atoms with Crippen molar-refractivity contribution in [1.29, 1.82) is 0 Å². The lowest BCUT2D eigenvalue weighted by Crippen LogP contribution is -2.55. The number of likely N-dealkylation sites (N-methyl/N-ethyl adjacent to an activating group) is 1. The van der Waals surface area contributed by atoms with Gasteiger partial charge in [0.1, 0.15) is 6.10 Å². The first-order valence-corrected chi connectivity index (χ1v) is 11.3. The van der Waals surface area contributed by atoms with E-state index in [9.17, 15) is 15.0 Å². The van der Waals surface area contributed by atoms with E-state index >= 15 is 0 Å². The molecule has 0 aromatic heterocycles. The fourth-order valence-corrected chi connectivity index (χ4v) is 5.92. The maximum Gasteiger partial charge on any atom is 0.311 e. The molecule has 0 amide bonds. The lowest BCUT2D eigenvalue weighted by Gasteiger charge is -2.52. The summed E-state index contributed by atoms with van der Waals surface area (Å²) in [6.07, 6.45) is 3.59. The molecule has 0 radical (unpaired) electrons. The van der Waals surface area contributed by atoms with E-state index in [1.165, 1.54) is 5.57 Å². The molecule has 30 heavy (non-hydrogen) atoms. The Labute approximate surface area is 179 Å². The number of aliphatic hydroxyl groups is 2. The third-order valence-corrected chi connectivity index (χ3v) is 8.35. The smallest absolute Gasteiger partial charge is 0.311 e. The van der Waals surface area contributed by atoms with Gasteiger partial charge in [-0.25, -0.2) is 0 Å². The molecule has 164 valence electrons. The molecule has 3 aliphatic rings. The summed E-state index contributed by atoms with van der Waals surface area (Å²) in [5.41, 5.74) is 1.82. The Morgan fingerprint density at radius 3 is 2.70 bits per heavy atom. The Bertz CT molecular complexity index is 809. The van der Waals surface area contributed by atoms with Gasteiger partial charge in [0.15, 0.2) is 0 Å². The number of esters is 1. The van der Waals surface area contributed by atoms with Crippen molar-refractivity contribution >= 4 is 5.97 Å². The van der Waals surface area contributed by atoms with E-state index in [2.05, 4.69) is 19.9 Å². The minimum atomic E-state index is -0.647. The molecule has 0 bridgehead atoms. The Kier molecular flexibility index (Phi) is 5.82. The van der Waals surface area contributed by atoms with E-state index in [0.717, 1.165) is 24.8 Å². The van der Waals surface area contributed by atoms with Crippen LogP contribution in [0, 0.1) is 23.2 Å². The van der Waals surface area contributed by atoms with Crippen LogP contribution in [-0.2, 0) is 9.53 Å². The van der Waals surface area contributed by atoms with Gasteiger partial charge in [0.25, 0.3) is 0 Å². The van der Waals surface area contributed by atoms with E-state index in [0.29, 0.717) is 12.5 Å². The predicted octanol–water partition coefficient (Wildman–Crippen LogP) is 3.33. The minimum absolute atomic E-state index is 0.167. The van der Waals surface area contributed by atoms with Crippen LogP contribution >= 0.6 is 0 Å². The number of aliphatic hydroxyl groups excluding tert-OH is 2. The molecule has 1 aliphatic heterocycles. The first-order chi connectivity index (χ1) is 14.2. The lowest BCUT2D eigenvalue weighted by molar-refractivity contribution is -0.145. The van der Waals surface area contributed by atoms with Gasteiger partial charge >= 0.3 is 5.97 Å². The SMILES string of the molecule is C[C@@H]([C@@H](O)c1ccccc1)N(C)C[C@H]1C(=O)O[C@@H]2CC3=CCC[C@H](C)[C@@]3(C)[C@H](O)[C@@H]21. The average molecular weight is 414 g/mol. The fraction of sp³-hybridized carbons (Fsp3) is 0.640. The number of allylic oxidation sites excluding steroid dienone is 1. The molecule has 0 unspecified atom stereocenters. The molecule has 0 spiro atoms. The number of benzene rings is 1. The van der Waals surface area contributed by atoms with Crippen LogP contribution in [0.2, 0.25) is 0 Å². The maximum atomic E-state index is 12.8. The molecule has 2 N–H and O–H groups in total. The second kappa shape index (κ2) is 8.10. The maximum absolute atomic E-state index is 12.8. The summed E-state index contributed by atoms with van der Waals surface area (Å²) in [5, 5.41) is 22.3. The molecular weight excluding hydrogens is 378 g/mol. The van der Waals surface area contributed by atoms with Crippen LogP contribution in [0.4, 0.5) is 0 Å². The number of nitrogens with zero attached hydrogens (tertiary/aromatic N) is 1. The predicted molar refractivity (Wildman–Crippen MR) is 116 cm³/mol. The number of carbonyl (C=O) groups is 1. The molecule has 8 atom stereocenters. The number of rotatable bonds is 5. The van der Waals surface area contributed by atoms with Crippen LogP contribution in [0.5, 0.6) is 0 Å². The van der Waals surface area contributed by atoms with Crippen molar-refractivity contribution in [2.75, 3.05) is 13.6 Å². The first kappa shape index (κ1) is 21.5. The van der Waals surface area contributed by atoms with Gasteiger partial charge < -0.3 is 14.9 Å². The van der Waals surface area contributed by atoms with Crippen LogP contribution in [0.15, 0.2) is 42.0 Å². The summed E-state index contributed by atoms with van der Waals surface area (Å²) in [4.78, 5) is 14.9. The molecule has 4 rings (SSSR count). The molecule has 1 heterocycles. The van der Waals surface area contributed by atoms with Crippen LogP contribution in [-0.4, -0.2) is 52.9 Å². The third kappa shape index (κ3) is 3.41. The van der Waals surface area contributed by atoms with Crippen molar-refractivity contribution in [3.05, 3.63) is 47.5 Å². The third-order valence-electron chi connectivity index (χ3n) is 8.35. The van der Waals surface area contributed by atoms with E-state index in [1.807, 2.05) is 49.2 Å². The standard InChI is InChI=1S/C25H35NO4/c1-15-9-8-12-18-13-20-21(23(28)25(15,18)3)19(24(29)30-20)14-26(4)16(2)22(27)17-10-6-5-7-11-17/h5-7,10-12,15-16,19-23,27-28H,8-9,13-14H2,1-4H3/t15-,16-,19+,20+,21+,22+,23+,25+/m0/s1. The Morgan fingerprint density at radius 2 is 2.00 bits per heavy atom. The van der Waals surface area contributed by atoms with Crippen LogP contribution < -0.4 is 0 Å². The Balaban J connectivity index is 1.52. The van der Waals surface area contributed by atoms with Gasteiger partial charge in [-0.1, -0.05) is 55.8 Å². The second-order valence-electron chi connectivity index (χ2n) is 9.83. The van der Waals surface area contributed by atoms with Crippen LogP contribution in [0.1, 0.15) is 51.7 Å². The molecule has 1 aromatic carbocycles. The van der Waals surface area contributed by atoms with E-state index in [4.69, 9.17) is 4.74 Å². The van der Waals surface area contributed by atoms with Crippen LogP contribution in [0.25, 0.3) is 0 Å². The summed E-state index contributed by atoms with van der Waals surface area (Å²) in [5.74, 6) is -0.425. The molecule has 5 nitrogen and oxygen atoms in total. The summed E-state index contributed by atoms with van der Waals surface area (Å²) < 4.78 is 5.77. The summed E-state index contributed by atoms with van der Waals surface area (Å²) in [6, 6.07) is 9.43. The van der Waals surface area contributed by atoms with Gasteiger partial charge in [-0.3, -0.25) is 9.69 Å². The van der Waals surface area contributed by atoms with Crippen molar-refractivity contribution in [1.82, 2.24) is 4.90 Å². The monoisotopic (exact) mass is 413 g/mol. The highest BCUT2D eigenvalue weighted by Crippen LogP contribution is 2.56. The minimum Gasteiger partial charge on any atom is -0.461 e. The normalized spacial score (nSPS) is 37.8. The van der Waals surface area contributed by atoms with Gasteiger partial charge in [0, 0.05) is 30.3 Å². The van der Waals surface area contributed by atoms with E-state index in [1.54, 1.807) is 0 Å². The zero-order valence-electron chi connectivity index (χ0n) is 18.5. The molecule has 1 saturated carbocycles. The molecule has 2 fully saturated rings. The molecule has 1 saturated heterocycles. The Morgan fingerprint density at radius 1 is 1.30 bits per heavy atom. The summed E-state index contributed by atoms with van der Waals surface area (Å²) in [7, 11) is 1.93. The fourth-order valence-electron chi connectivity index (χ4n) is 5.92. The van der Waals surface area contributed by atoms with Crippen molar-refractivity contribution < 1.29 is 19.7 Å². The van der Waals surface area contributed by atoms with E-state index in [-0.39, 0.29) is 35.4 Å². The van der Waals surface area contributed by atoms with Gasteiger partial charge in [-0.15, -0.1) is 0 Å². The van der Waals surface area contributed by atoms with Crippen molar-refractivity contribution in [3.8, 4) is 0 Å². The first-order valence-electron chi connectivity index (χ1n) is 11.3. The molecule has 1 aromatic rings. The topological polar surface area (TPSA) is 70.0 Å². The number of carbonyl (C=O) groups excluding carboxylic acids is 1. The summed E-state index contributed by atoms with van der Waals surface area (Å²) >= 11 is 0. The number of hydrogen-bond acceptors (Lipinski definition) is 5. The van der Waals surface area contributed by atoms with E-state index < -0.39 is 12.2 Å². The highest BCUT2D eigenvalue weighted by Gasteiger charge is 2.59. The van der Waals surface area contributed by atoms with Gasteiger partial charge in [-0.2, -0.15) is 0 Å². The lowest BCUT2D eigenvalue weighted by atomic mass is 9.55. The Hall–Kier alpha value is -1.69. The quantitative estimate of drug-likeness (QED) is 0.572. The van der Waals surface area contributed by atoms with Crippen molar-refractivity contribution in [2.45, 2.75) is 64.4 Å². The number of fused-ring (bicyclic) bond motifs is 2. The molecular formula is C25H35NO4. The second-order valence-corrected chi connectivity index (χ2v) is 9.83. The largest absolute Gasteiger partial charge is 0.461 e. The highest BCUT2D eigenvalue weighted by atomic mass is 16.6.